The molecule has 0 aliphatic heterocycles. The molecule has 0 heterocycles. The number of hydrogen-bond acceptors (Lipinski definition) is 2. The molecule has 1 aromatic carbocycles. The van der Waals surface area contributed by atoms with Gasteiger partial charge >= 0.3 is 0 Å². The molecule has 5 heteroatoms. The molecular weight excluding hydrogens is 245 g/mol. The Hall–Kier alpha value is -1.13. The zero-order chi connectivity index (χ0) is 13.0. The minimum absolute atomic E-state index is 0.0450. The number of carboxylic acid groups (broad SMARTS) is 1. The Bertz CT molecular complexity index is 389. The van der Waals surface area contributed by atoms with Gasteiger partial charge in [0.05, 0.1) is 22.6 Å². The summed E-state index contributed by atoms with van der Waals surface area (Å²) in [4.78, 5) is 11.3. The van der Waals surface area contributed by atoms with Crippen molar-refractivity contribution in [2.45, 2.75) is 26.4 Å². The van der Waals surface area contributed by atoms with Gasteiger partial charge in [0.25, 0.3) is 0 Å². The summed E-state index contributed by atoms with van der Waals surface area (Å²) in [6.07, 6.45) is 0. The number of nitrogens with one attached hydrogen (secondary N) is 1. The third-order valence-electron chi connectivity index (χ3n) is 2.65. The molecule has 1 N–H and O–H groups in total. The van der Waals surface area contributed by atoms with Gasteiger partial charge in [0.1, 0.15) is 18.9 Å². The number of hydrogen-bond donors (Lipinski definition) is 1. The molecule has 1 rings (SSSR count). The van der Waals surface area contributed by atoms with Gasteiger partial charge in [-0.15, -0.1) is 0 Å². The Morgan fingerprint density at radius 1 is 1.53 bits per heavy atom. The second kappa shape index (κ2) is 5.98. The lowest BCUT2D eigenvalue weighted by Crippen LogP contribution is -3.15. The second-order valence-corrected chi connectivity index (χ2v) is 4.65. The smallest absolute Gasteiger partial charge is 0.133 e. The number of aliphatic carboxylic acids is 1. The maximum atomic E-state index is 13.6. The van der Waals surface area contributed by atoms with Gasteiger partial charge in [0.15, 0.2) is 0 Å². The van der Waals surface area contributed by atoms with Gasteiger partial charge in [-0.05, 0) is 26.0 Å². The SMILES string of the molecule is CC(C)[NH+](CC(=O)[O-])Cc1c(F)cccc1Cl. The van der Waals surface area contributed by atoms with E-state index in [9.17, 15) is 14.3 Å². The average molecular weight is 260 g/mol. The van der Waals surface area contributed by atoms with Crippen LogP contribution >= 0.6 is 11.6 Å². The van der Waals surface area contributed by atoms with Crippen LogP contribution < -0.4 is 10.0 Å². The third kappa shape index (κ3) is 3.98. The topological polar surface area (TPSA) is 44.6 Å². The summed E-state index contributed by atoms with van der Waals surface area (Å²) in [6, 6.07) is 4.48. The minimum Gasteiger partial charge on any atom is -0.544 e. The van der Waals surface area contributed by atoms with E-state index >= 15 is 0 Å². The van der Waals surface area contributed by atoms with Crippen LogP contribution in [0.2, 0.25) is 5.02 Å². The van der Waals surface area contributed by atoms with Crippen molar-refractivity contribution in [2.24, 2.45) is 0 Å². The molecule has 0 spiro atoms. The predicted octanol–water partition coefficient (Wildman–Crippen LogP) is 0.0223. The van der Waals surface area contributed by atoms with Crippen LogP contribution in [0.15, 0.2) is 18.2 Å². The Labute approximate surface area is 105 Å². The lowest BCUT2D eigenvalue weighted by molar-refractivity contribution is -0.929. The Morgan fingerprint density at radius 3 is 2.65 bits per heavy atom. The predicted molar refractivity (Wildman–Crippen MR) is 61.1 cm³/mol. The van der Waals surface area contributed by atoms with Crippen molar-refractivity contribution in [3.05, 3.63) is 34.6 Å². The molecule has 0 radical (unpaired) electrons. The van der Waals surface area contributed by atoms with Crippen LogP contribution in [0.4, 0.5) is 4.39 Å². The first-order valence-corrected chi connectivity index (χ1v) is 5.77. The molecule has 1 atom stereocenters. The lowest BCUT2D eigenvalue weighted by Gasteiger charge is -2.24. The summed E-state index contributed by atoms with van der Waals surface area (Å²) >= 11 is 5.90. The van der Waals surface area contributed by atoms with E-state index in [-0.39, 0.29) is 19.1 Å². The zero-order valence-electron chi connectivity index (χ0n) is 9.80. The molecule has 0 bridgehead atoms. The van der Waals surface area contributed by atoms with Crippen molar-refractivity contribution < 1.29 is 19.2 Å². The van der Waals surface area contributed by atoms with E-state index in [0.717, 1.165) is 0 Å². The van der Waals surface area contributed by atoms with Crippen molar-refractivity contribution in [1.82, 2.24) is 0 Å². The molecule has 17 heavy (non-hydrogen) atoms. The van der Waals surface area contributed by atoms with E-state index in [0.29, 0.717) is 15.5 Å². The Kier molecular flexibility index (Phi) is 4.90. The molecule has 0 saturated heterocycles. The average Bonchev–Trinajstić information content (AvgIpc) is 2.21. The first-order chi connectivity index (χ1) is 7.91. The number of benzene rings is 1. The molecular formula is C12H15ClFNO2. The van der Waals surface area contributed by atoms with Crippen LogP contribution in [0.25, 0.3) is 0 Å². The van der Waals surface area contributed by atoms with Crippen LogP contribution in [0.5, 0.6) is 0 Å². The van der Waals surface area contributed by atoms with Crippen molar-refractivity contribution in [3.8, 4) is 0 Å². The molecule has 0 aromatic heterocycles. The summed E-state index contributed by atoms with van der Waals surface area (Å²) in [5.74, 6) is -1.56. The quantitative estimate of drug-likeness (QED) is 0.811. The fourth-order valence-electron chi connectivity index (χ4n) is 1.58. The molecule has 0 amide bonds. The molecule has 0 fully saturated rings. The number of quaternary nitrogens is 1. The van der Waals surface area contributed by atoms with Crippen molar-refractivity contribution in [1.29, 1.82) is 0 Å². The van der Waals surface area contributed by atoms with Crippen molar-refractivity contribution in [2.75, 3.05) is 6.54 Å². The van der Waals surface area contributed by atoms with Crippen molar-refractivity contribution >= 4 is 17.6 Å². The van der Waals surface area contributed by atoms with Crippen molar-refractivity contribution in [3.63, 3.8) is 0 Å². The number of carbonyl (C=O) groups is 1. The highest BCUT2D eigenvalue weighted by Gasteiger charge is 2.18. The normalized spacial score (nSPS) is 12.8. The van der Waals surface area contributed by atoms with E-state index < -0.39 is 11.8 Å². The number of carbonyl (C=O) groups excluding carboxylic acids is 1. The van der Waals surface area contributed by atoms with Crippen LogP contribution in [-0.2, 0) is 11.3 Å². The van der Waals surface area contributed by atoms with E-state index in [1.54, 1.807) is 6.07 Å². The van der Waals surface area contributed by atoms with Gasteiger partial charge in [0.2, 0.25) is 0 Å². The molecule has 0 aliphatic carbocycles. The summed E-state index contributed by atoms with van der Waals surface area (Å²) in [5, 5.41) is 10.9. The van der Waals surface area contributed by atoms with Gasteiger partial charge in [0, 0.05) is 0 Å². The summed E-state index contributed by atoms with van der Waals surface area (Å²) < 4.78 is 13.6. The van der Waals surface area contributed by atoms with Gasteiger partial charge < -0.3 is 14.8 Å². The van der Waals surface area contributed by atoms with Gasteiger partial charge in [-0.1, -0.05) is 17.7 Å². The first kappa shape index (κ1) is 13.9. The van der Waals surface area contributed by atoms with Gasteiger partial charge in [-0.25, -0.2) is 4.39 Å². The largest absolute Gasteiger partial charge is 0.544 e. The van der Waals surface area contributed by atoms with Crippen LogP contribution in [0, 0.1) is 5.82 Å². The van der Waals surface area contributed by atoms with Crippen LogP contribution in [0.1, 0.15) is 19.4 Å². The molecule has 3 nitrogen and oxygen atoms in total. The summed E-state index contributed by atoms with van der Waals surface area (Å²) in [5.41, 5.74) is 0.346. The fraction of sp³-hybridized carbons (Fsp3) is 0.417. The number of rotatable bonds is 5. The molecule has 94 valence electrons. The van der Waals surface area contributed by atoms with E-state index in [4.69, 9.17) is 11.6 Å². The second-order valence-electron chi connectivity index (χ2n) is 4.24. The summed E-state index contributed by atoms with van der Waals surface area (Å²) in [6.45, 7) is 3.81. The van der Waals surface area contributed by atoms with Gasteiger partial charge in [-0.2, -0.15) is 0 Å². The zero-order valence-corrected chi connectivity index (χ0v) is 10.6. The van der Waals surface area contributed by atoms with E-state index in [1.165, 1.54) is 12.1 Å². The Balaban J connectivity index is 2.89. The standard InChI is InChI=1S/C12H15ClFNO2/c1-8(2)15(7-12(16)17)6-9-10(13)4-3-5-11(9)14/h3-5,8H,6-7H2,1-2H3,(H,16,17). The Morgan fingerprint density at radius 2 is 2.18 bits per heavy atom. The highest BCUT2D eigenvalue weighted by Crippen LogP contribution is 2.17. The molecule has 1 aromatic rings. The lowest BCUT2D eigenvalue weighted by atomic mass is 10.1. The minimum atomic E-state index is -1.15. The van der Waals surface area contributed by atoms with E-state index in [2.05, 4.69) is 0 Å². The molecule has 1 unspecified atom stereocenters. The highest BCUT2D eigenvalue weighted by atomic mass is 35.5. The van der Waals surface area contributed by atoms with E-state index in [1.807, 2.05) is 13.8 Å². The molecule has 0 saturated carbocycles. The number of carboxylic acids is 1. The number of halogens is 2. The summed E-state index contributed by atoms with van der Waals surface area (Å²) in [7, 11) is 0. The third-order valence-corrected chi connectivity index (χ3v) is 3.01. The monoisotopic (exact) mass is 259 g/mol. The van der Waals surface area contributed by atoms with Crippen LogP contribution in [0.3, 0.4) is 0 Å². The maximum Gasteiger partial charge on any atom is 0.133 e. The first-order valence-electron chi connectivity index (χ1n) is 5.39. The highest BCUT2D eigenvalue weighted by molar-refractivity contribution is 6.31. The van der Waals surface area contributed by atoms with Crippen LogP contribution in [-0.4, -0.2) is 18.6 Å². The molecule has 0 aliphatic rings. The van der Waals surface area contributed by atoms with Gasteiger partial charge in [-0.3, -0.25) is 0 Å². The maximum absolute atomic E-state index is 13.6. The fourth-order valence-corrected chi connectivity index (χ4v) is 1.81.